The van der Waals surface area contributed by atoms with Crippen LogP contribution in [0.5, 0.6) is 0 Å². The number of urea groups is 1. The van der Waals surface area contributed by atoms with Gasteiger partial charge in [0.2, 0.25) is 0 Å². The van der Waals surface area contributed by atoms with E-state index in [0.29, 0.717) is 31.9 Å². The van der Waals surface area contributed by atoms with Crippen molar-refractivity contribution in [1.82, 2.24) is 4.90 Å². The number of nitrogens with one attached hydrogen (secondary N) is 1. The van der Waals surface area contributed by atoms with E-state index >= 15 is 0 Å². The molecule has 0 radical (unpaired) electrons. The maximum atomic E-state index is 13.9. The third-order valence-corrected chi connectivity index (χ3v) is 4.19. The van der Waals surface area contributed by atoms with E-state index in [2.05, 4.69) is 5.32 Å². The Morgan fingerprint density at radius 3 is 2.40 bits per heavy atom. The summed E-state index contributed by atoms with van der Waals surface area (Å²) in [5.41, 5.74) is 1.76. The molecule has 3 rings (SSSR count). The van der Waals surface area contributed by atoms with Crippen LogP contribution >= 0.6 is 0 Å². The highest BCUT2D eigenvalue weighted by molar-refractivity contribution is 5.89. The molecule has 1 heterocycles. The molecule has 2 amide bonds. The van der Waals surface area contributed by atoms with Crippen LogP contribution in [0.3, 0.4) is 0 Å². The number of carbonyl (C=O) groups is 1. The van der Waals surface area contributed by atoms with Gasteiger partial charge in [0.25, 0.3) is 0 Å². The summed E-state index contributed by atoms with van der Waals surface area (Å²) in [6, 6.07) is 9.35. The quantitative estimate of drug-likeness (QED) is 0.838. The fraction of sp³-hybridized carbons (Fsp3) is 0.278. The first kappa shape index (κ1) is 17.1. The predicted molar refractivity (Wildman–Crippen MR) is 90.3 cm³/mol. The molecule has 132 valence electrons. The molecule has 0 saturated carbocycles. The maximum Gasteiger partial charge on any atom is 0.321 e. The zero-order valence-electron chi connectivity index (χ0n) is 13.7. The highest BCUT2D eigenvalue weighted by atomic mass is 19.2. The number of piperazine rings is 1. The first-order valence-electron chi connectivity index (χ1n) is 7.97. The molecule has 0 spiro atoms. The maximum absolute atomic E-state index is 13.9. The van der Waals surface area contributed by atoms with E-state index in [9.17, 15) is 18.0 Å². The highest BCUT2D eigenvalue weighted by Gasteiger charge is 2.24. The number of anilines is 2. The van der Waals surface area contributed by atoms with Gasteiger partial charge in [0.1, 0.15) is 0 Å². The van der Waals surface area contributed by atoms with Crippen LogP contribution in [0.2, 0.25) is 0 Å². The standard InChI is InChI=1S/C18H18F3N3O/c1-12-3-2-4-13(11-12)22-18(25)24-9-7-23(8-10-24)15-6-5-14(19)16(20)17(15)21/h2-6,11H,7-10H2,1H3,(H,22,25). The number of carbonyl (C=O) groups excluding carboxylic acids is 1. The first-order valence-corrected chi connectivity index (χ1v) is 7.97. The van der Waals surface area contributed by atoms with Crippen molar-refractivity contribution < 1.29 is 18.0 Å². The van der Waals surface area contributed by atoms with Crippen LogP contribution in [0, 0.1) is 24.4 Å². The minimum atomic E-state index is -1.47. The molecule has 0 aromatic heterocycles. The number of amides is 2. The second-order valence-electron chi connectivity index (χ2n) is 5.97. The van der Waals surface area contributed by atoms with Crippen LogP contribution in [-0.2, 0) is 0 Å². The van der Waals surface area contributed by atoms with Crippen LogP contribution < -0.4 is 10.2 Å². The van der Waals surface area contributed by atoms with Gasteiger partial charge in [0.05, 0.1) is 5.69 Å². The van der Waals surface area contributed by atoms with Crippen LogP contribution in [0.25, 0.3) is 0 Å². The first-order chi connectivity index (χ1) is 12.0. The summed E-state index contributed by atoms with van der Waals surface area (Å²) in [4.78, 5) is 15.5. The second-order valence-corrected chi connectivity index (χ2v) is 5.97. The summed E-state index contributed by atoms with van der Waals surface area (Å²) < 4.78 is 40.3. The van der Waals surface area contributed by atoms with Crippen LogP contribution in [0.1, 0.15) is 5.56 Å². The molecule has 0 atom stereocenters. The Morgan fingerprint density at radius 1 is 1.00 bits per heavy atom. The fourth-order valence-corrected chi connectivity index (χ4v) is 2.84. The normalized spacial score (nSPS) is 14.6. The number of aryl methyl sites for hydroxylation is 1. The van der Waals surface area contributed by atoms with Gasteiger partial charge < -0.3 is 15.1 Å². The molecule has 2 aromatic carbocycles. The summed E-state index contributed by atoms with van der Waals surface area (Å²) >= 11 is 0. The van der Waals surface area contributed by atoms with Crippen molar-refractivity contribution in [2.75, 3.05) is 36.4 Å². The van der Waals surface area contributed by atoms with Crippen molar-refractivity contribution >= 4 is 17.4 Å². The van der Waals surface area contributed by atoms with Gasteiger partial charge in [-0.05, 0) is 36.8 Å². The Morgan fingerprint density at radius 2 is 1.72 bits per heavy atom. The fourth-order valence-electron chi connectivity index (χ4n) is 2.84. The minimum Gasteiger partial charge on any atom is -0.366 e. The lowest BCUT2D eigenvalue weighted by molar-refractivity contribution is 0.208. The molecule has 1 fully saturated rings. The van der Waals surface area contributed by atoms with Gasteiger partial charge in [-0.2, -0.15) is 0 Å². The topological polar surface area (TPSA) is 35.6 Å². The van der Waals surface area contributed by atoms with Crippen molar-refractivity contribution in [3.05, 3.63) is 59.4 Å². The zero-order valence-corrected chi connectivity index (χ0v) is 13.7. The van der Waals surface area contributed by atoms with E-state index in [1.165, 1.54) is 6.07 Å². The number of rotatable bonds is 2. The Bertz CT molecular complexity index is 789. The summed E-state index contributed by atoms with van der Waals surface area (Å²) in [7, 11) is 0. The molecule has 0 aliphatic carbocycles. The van der Waals surface area contributed by atoms with Crippen molar-refractivity contribution in [3.63, 3.8) is 0 Å². The van der Waals surface area contributed by atoms with Crippen molar-refractivity contribution in [3.8, 4) is 0 Å². The Hall–Kier alpha value is -2.70. The molecule has 2 aromatic rings. The van der Waals surface area contributed by atoms with E-state index < -0.39 is 17.5 Å². The van der Waals surface area contributed by atoms with Crippen LogP contribution in [0.4, 0.5) is 29.3 Å². The number of nitrogens with zero attached hydrogens (tertiary/aromatic N) is 2. The largest absolute Gasteiger partial charge is 0.366 e. The SMILES string of the molecule is Cc1cccc(NC(=O)N2CCN(c3ccc(F)c(F)c3F)CC2)c1. The van der Waals surface area contributed by atoms with Gasteiger partial charge in [-0.3, -0.25) is 0 Å². The monoisotopic (exact) mass is 349 g/mol. The lowest BCUT2D eigenvalue weighted by Crippen LogP contribution is -2.50. The van der Waals surface area contributed by atoms with E-state index in [-0.39, 0.29) is 11.7 Å². The van der Waals surface area contributed by atoms with Gasteiger partial charge in [-0.25, -0.2) is 18.0 Å². The number of hydrogen-bond donors (Lipinski definition) is 1. The van der Waals surface area contributed by atoms with Crippen molar-refractivity contribution in [2.24, 2.45) is 0 Å². The van der Waals surface area contributed by atoms with Gasteiger partial charge in [-0.15, -0.1) is 0 Å². The Labute approximate surface area is 143 Å². The van der Waals surface area contributed by atoms with Gasteiger partial charge in [0.15, 0.2) is 17.5 Å². The molecule has 1 N–H and O–H groups in total. The van der Waals surface area contributed by atoms with E-state index in [4.69, 9.17) is 0 Å². The molecule has 1 saturated heterocycles. The average molecular weight is 349 g/mol. The second kappa shape index (κ2) is 7.04. The summed E-state index contributed by atoms with van der Waals surface area (Å²) in [6.45, 7) is 3.32. The Balaban J connectivity index is 1.62. The number of hydrogen-bond acceptors (Lipinski definition) is 2. The van der Waals surface area contributed by atoms with E-state index in [1.54, 1.807) is 15.9 Å². The molecule has 1 aliphatic heterocycles. The third-order valence-electron chi connectivity index (χ3n) is 4.19. The van der Waals surface area contributed by atoms with Gasteiger partial charge in [-0.1, -0.05) is 12.1 Å². The molecule has 0 unspecified atom stereocenters. The van der Waals surface area contributed by atoms with Crippen LogP contribution in [0.15, 0.2) is 36.4 Å². The van der Waals surface area contributed by atoms with Crippen LogP contribution in [-0.4, -0.2) is 37.1 Å². The molecule has 1 aliphatic rings. The molecule has 7 heteroatoms. The average Bonchev–Trinajstić information content (AvgIpc) is 2.60. The highest BCUT2D eigenvalue weighted by Crippen LogP contribution is 2.24. The predicted octanol–water partition coefficient (Wildman–Crippen LogP) is 3.77. The minimum absolute atomic E-state index is 0.0117. The molecule has 25 heavy (non-hydrogen) atoms. The number of halogens is 3. The summed E-state index contributed by atoms with van der Waals surface area (Å²) in [5, 5.41) is 2.82. The van der Waals surface area contributed by atoms with E-state index in [1.807, 2.05) is 25.1 Å². The Kier molecular flexibility index (Phi) is 4.83. The third kappa shape index (κ3) is 3.70. The smallest absolute Gasteiger partial charge is 0.321 e. The van der Waals surface area contributed by atoms with Gasteiger partial charge in [0, 0.05) is 31.9 Å². The lowest BCUT2D eigenvalue weighted by Gasteiger charge is -2.36. The van der Waals surface area contributed by atoms with Gasteiger partial charge >= 0.3 is 6.03 Å². The van der Waals surface area contributed by atoms with E-state index in [0.717, 1.165) is 11.6 Å². The van der Waals surface area contributed by atoms with Crippen molar-refractivity contribution in [2.45, 2.75) is 6.92 Å². The lowest BCUT2D eigenvalue weighted by atomic mass is 10.2. The molecular weight excluding hydrogens is 331 g/mol. The summed E-state index contributed by atoms with van der Waals surface area (Å²) in [5.74, 6) is -3.88. The molecule has 0 bridgehead atoms. The summed E-state index contributed by atoms with van der Waals surface area (Å²) in [6.07, 6.45) is 0. The zero-order chi connectivity index (χ0) is 18.0. The molecule has 4 nitrogen and oxygen atoms in total. The number of benzene rings is 2. The van der Waals surface area contributed by atoms with Crippen molar-refractivity contribution in [1.29, 1.82) is 0 Å². The molecular formula is C18H18F3N3O.